The maximum atomic E-state index is 11.4. The van der Waals surface area contributed by atoms with Gasteiger partial charge in [0.1, 0.15) is 0 Å². The lowest BCUT2D eigenvalue weighted by Gasteiger charge is -2.12. The number of hydrogen-bond donors (Lipinski definition) is 0. The number of rotatable bonds is 1. The zero-order valence-electron chi connectivity index (χ0n) is 6.93. The third-order valence-corrected chi connectivity index (χ3v) is 2.26. The van der Waals surface area contributed by atoms with Gasteiger partial charge in [0.05, 0.1) is 4.48 Å². The first-order valence-corrected chi connectivity index (χ1v) is 4.49. The molecule has 0 aromatic heterocycles. The van der Waals surface area contributed by atoms with Gasteiger partial charge in [0.15, 0.2) is 11.6 Å². The van der Waals surface area contributed by atoms with Crippen molar-refractivity contribution in [3.05, 3.63) is 22.2 Å². The average molecular weight is 229 g/mol. The Labute approximate surface area is 79.5 Å². The van der Waals surface area contributed by atoms with E-state index in [0.717, 1.165) is 0 Å². The van der Waals surface area contributed by atoms with Gasteiger partial charge in [0.25, 0.3) is 0 Å². The lowest BCUT2D eigenvalue weighted by atomic mass is 9.94. The highest BCUT2D eigenvalue weighted by atomic mass is 79.9. The van der Waals surface area contributed by atoms with Crippen LogP contribution >= 0.6 is 15.9 Å². The summed E-state index contributed by atoms with van der Waals surface area (Å²) in [6.45, 7) is 3.78. The van der Waals surface area contributed by atoms with Crippen molar-refractivity contribution in [2.45, 2.75) is 13.8 Å². The van der Waals surface area contributed by atoms with E-state index < -0.39 is 0 Å². The fourth-order valence-electron chi connectivity index (χ4n) is 1.02. The Hall–Kier alpha value is -0.700. The molecule has 0 heterocycles. The summed E-state index contributed by atoms with van der Waals surface area (Å²) < 4.78 is 0.360. The van der Waals surface area contributed by atoms with Crippen molar-refractivity contribution in [1.82, 2.24) is 0 Å². The standard InChI is InChI=1S/C9H9BrO2/c1-5(2)7-3-6(11)4-8(10)9(7)12/h3-5H,1-2H3. The van der Waals surface area contributed by atoms with Crippen LogP contribution in [0, 0.1) is 5.92 Å². The molecule has 3 heteroatoms. The third kappa shape index (κ3) is 1.72. The number of hydrogen-bond acceptors (Lipinski definition) is 2. The fourth-order valence-corrected chi connectivity index (χ4v) is 1.47. The smallest absolute Gasteiger partial charge is 0.196 e. The first-order valence-electron chi connectivity index (χ1n) is 3.70. The molecule has 0 spiro atoms. The zero-order valence-corrected chi connectivity index (χ0v) is 8.51. The second-order valence-electron chi connectivity index (χ2n) is 2.98. The van der Waals surface area contributed by atoms with Crippen LogP contribution in [0.1, 0.15) is 13.8 Å². The predicted octanol–water partition coefficient (Wildman–Crippen LogP) is 2.00. The van der Waals surface area contributed by atoms with Crippen molar-refractivity contribution in [3.8, 4) is 0 Å². The van der Waals surface area contributed by atoms with E-state index in [1.54, 1.807) is 0 Å². The van der Waals surface area contributed by atoms with E-state index in [0.29, 0.717) is 10.1 Å². The quantitative estimate of drug-likeness (QED) is 0.644. The molecule has 0 aromatic carbocycles. The van der Waals surface area contributed by atoms with Gasteiger partial charge < -0.3 is 0 Å². The average Bonchev–Trinajstić information content (AvgIpc) is 1.96. The molecule has 2 nitrogen and oxygen atoms in total. The Morgan fingerprint density at radius 2 is 1.83 bits per heavy atom. The molecule has 0 bridgehead atoms. The van der Waals surface area contributed by atoms with Gasteiger partial charge in [-0.1, -0.05) is 13.8 Å². The molecule has 1 aliphatic carbocycles. The number of carbonyl (C=O) groups is 2. The van der Waals surface area contributed by atoms with Crippen LogP contribution < -0.4 is 0 Å². The second kappa shape index (κ2) is 3.35. The van der Waals surface area contributed by atoms with Crippen LogP contribution in [0.4, 0.5) is 0 Å². The minimum absolute atomic E-state index is 0.0791. The summed E-state index contributed by atoms with van der Waals surface area (Å²) in [5.41, 5.74) is 0.578. The van der Waals surface area contributed by atoms with Crippen LogP contribution in [-0.2, 0) is 9.59 Å². The fraction of sp³-hybridized carbons (Fsp3) is 0.333. The van der Waals surface area contributed by atoms with E-state index >= 15 is 0 Å². The maximum absolute atomic E-state index is 11.4. The van der Waals surface area contributed by atoms with Gasteiger partial charge in [-0.25, -0.2) is 0 Å². The molecular formula is C9H9BrO2. The lowest BCUT2D eigenvalue weighted by molar-refractivity contribution is -0.115. The Bertz CT molecular complexity index is 298. The van der Waals surface area contributed by atoms with Crippen LogP contribution in [0.5, 0.6) is 0 Å². The highest BCUT2D eigenvalue weighted by molar-refractivity contribution is 9.12. The van der Waals surface area contributed by atoms with Gasteiger partial charge in [-0.15, -0.1) is 0 Å². The summed E-state index contributed by atoms with van der Waals surface area (Å²) in [7, 11) is 0. The summed E-state index contributed by atoms with van der Waals surface area (Å²) in [5, 5.41) is 0. The van der Waals surface area contributed by atoms with Crippen molar-refractivity contribution in [2.75, 3.05) is 0 Å². The molecule has 1 rings (SSSR count). The van der Waals surface area contributed by atoms with Crippen molar-refractivity contribution in [3.63, 3.8) is 0 Å². The first kappa shape index (κ1) is 9.39. The lowest BCUT2D eigenvalue weighted by Crippen LogP contribution is -2.14. The van der Waals surface area contributed by atoms with Crippen LogP contribution in [-0.4, -0.2) is 11.6 Å². The first-order chi connectivity index (χ1) is 5.52. The molecule has 64 valence electrons. The summed E-state index contributed by atoms with van der Waals surface area (Å²) in [4.78, 5) is 22.4. The summed E-state index contributed by atoms with van der Waals surface area (Å²) in [6.07, 6.45) is 2.70. The van der Waals surface area contributed by atoms with Gasteiger partial charge in [-0.05, 0) is 27.9 Å². The predicted molar refractivity (Wildman–Crippen MR) is 49.9 cm³/mol. The maximum Gasteiger partial charge on any atom is 0.196 e. The Kier molecular flexibility index (Phi) is 2.62. The molecule has 0 aliphatic heterocycles. The molecule has 0 saturated carbocycles. The van der Waals surface area contributed by atoms with Crippen LogP contribution in [0.15, 0.2) is 22.2 Å². The van der Waals surface area contributed by atoms with E-state index in [4.69, 9.17) is 0 Å². The normalized spacial score (nSPS) is 18.0. The van der Waals surface area contributed by atoms with Crippen LogP contribution in [0.2, 0.25) is 0 Å². The van der Waals surface area contributed by atoms with Crippen molar-refractivity contribution in [2.24, 2.45) is 5.92 Å². The van der Waals surface area contributed by atoms with Crippen LogP contribution in [0.3, 0.4) is 0 Å². The number of allylic oxidation sites excluding steroid dienone is 4. The molecule has 0 saturated heterocycles. The highest BCUT2D eigenvalue weighted by Crippen LogP contribution is 2.22. The minimum atomic E-state index is -0.120. The van der Waals surface area contributed by atoms with E-state index in [1.165, 1.54) is 12.2 Å². The monoisotopic (exact) mass is 228 g/mol. The molecule has 0 unspecified atom stereocenters. The van der Waals surface area contributed by atoms with Crippen molar-refractivity contribution in [1.29, 1.82) is 0 Å². The van der Waals surface area contributed by atoms with E-state index in [2.05, 4.69) is 15.9 Å². The minimum Gasteiger partial charge on any atom is -0.290 e. The van der Waals surface area contributed by atoms with Crippen LogP contribution in [0.25, 0.3) is 0 Å². The zero-order chi connectivity index (χ0) is 9.30. The second-order valence-corrected chi connectivity index (χ2v) is 3.83. The Morgan fingerprint density at radius 3 is 2.33 bits per heavy atom. The topological polar surface area (TPSA) is 34.1 Å². The Morgan fingerprint density at radius 1 is 1.25 bits per heavy atom. The van der Waals surface area contributed by atoms with Gasteiger partial charge in [-0.3, -0.25) is 9.59 Å². The van der Waals surface area contributed by atoms with E-state index in [-0.39, 0.29) is 17.5 Å². The largest absolute Gasteiger partial charge is 0.290 e. The van der Waals surface area contributed by atoms with Crippen molar-refractivity contribution < 1.29 is 9.59 Å². The number of carbonyl (C=O) groups excluding carboxylic acids is 2. The number of Topliss-reactive ketones (excluding diaryl/α,β-unsaturated/α-hetero) is 1. The molecule has 0 radical (unpaired) electrons. The summed E-state index contributed by atoms with van der Waals surface area (Å²) in [6, 6.07) is 0. The summed E-state index contributed by atoms with van der Waals surface area (Å²) in [5.74, 6) is -0.0996. The van der Waals surface area contributed by atoms with Gasteiger partial charge in [0.2, 0.25) is 0 Å². The molecule has 0 aromatic rings. The molecule has 1 aliphatic rings. The number of halogens is 1. The summed E-state index contributed by atoms with van der Waals surface area (Å²) >= 11 is 3.05. The van der Waals surface area contributed by atoms with E-state index in [1.807, 2.05) is 13.8 Å². The molecule has 12 heavy (non-hydrogen) atoms. The molecule has 0 fully saturated rings. The Balaban J connectivity index is 3.04. The molecule has 0 N–H and O–H groups in total. The SMILES string of the molecule is CC(C)C1=CC(=O)C=C(Br)C1=O. The molecular weight excluding hydrogens is 220 g/mol. The molecule has 0 atom stereocenters. The van der Waals surface area contributed by atoms with Gasteiger partial charge >= 0.3 is 0 Å². The number of ketones is 2. The van der Waals surface area contributed by atoms with Gasteiger partial charge in [0, 0.05) is 11.6 Å². The molecule has 0 amide bonds. The van der Waals surface area contributed by atoms with Crippen molar-refractivity contribution >= 4 is 27.5 Å². The highest BCUT2D eigenvalue weighted by Gasteiger charge is 2.21. The van der Waals surface area contributed by atoms with E-state index in [9.17, 15) is 9.59 Å². The van der Waals surface area contributed by atoms with Gasteiger partial charge in [-0.2, -0.15) is 0 Å². The third-order valence-electron chi connectivity index (χ3n) is 1.67.